The van der Waals surface area contributed by atoms with E-state index in [1.165, 1.54) is 75.2 Å². The van der Waals surface area contributed by atoms with Crippen molar-refractivity contribution in [2.24, 2.45) is 0 Å². The van der Waals surface area contributed by atoms with Crippen LogP contribution in [-0.2, 0) is 5.41 Å². The Morgan fingerprint density at radius 2 is 0.704 bits per heavy atom. The Hall–Kier alpha value is -6.21. The van der Waals surface area contributed by atoms with E-state index in [2.05, 4.69) is 147 Å². The van der Waals surface area contributed by atoms with Crippen molar-refractivity contribution in [2.75, 3.05) is 0 Å². The van der Waals surface area contributed by atoms with E-state index in [-0.39, 0.29) is 16.9 Å². The Morgan fingerprint density at radius 3 is 1.11 bits per heavy atom. The largest absolute Gasteiger partial charge is 0.508 e. The number of hydrogen-bond acceptors (Lipinski definition) is 2. The van der Waals surface area contributed by atoms with Gasteiger partial charge in [0.15, 0.2) is 0 Å². The van der Waals surface area contributed by atoms with Gasteiger partial charge in [0.25, 0.3) is 0 Å². The molecule has 260 valence electrons. The molecular weight excluding hydrogens is 676 g/mol. The van der Waals surface area contributed by atoms with E-state index in [1.807, 2.05) is 24.3 Å². The highest BCUT2D eigenvalue weighted by Crippen LogP contribution is 2.35. The van der Waals surface area contributed by atoms with Crippen molar-refractivity contribution in [1.82, 2.24) is 0 Å². The summed E-state index contributed by atoms with van der Waals surface area (Å²) in [5, 5.41) is 37.3. The molecule has 0 heterocycles. The molecule has 0 fully saturated rings. The highest BCUT2D eigenvalue weighted by Gasteiger charge is 2.23. The molecule has 0 aliphatic rings. The molecule has 10 aromatic rings. The second-order valence-electron chi connectivity index (χ2n) is 14.6. The zero-order valence-corrected chi connectivity index (χ0v) is 31.2. The van der Waals surface area contributed by atoms with Crippen LogP contribution in [0.3, 0.4) is 0 Å². The standard InChI is InChI=1S/C36H23P.C15H16O2/c1-3-9-27-21-31-29(19-25(27)7-1)17-15-23-11-5-13-33(35(23)31)37-34-14-6-12-24-16-18-30-20-26-8-2-4-10-28(26)22-32(30)36(24)34;1-15(2,11-3-7-13(16)8-4-11)12-5-9-14(17)10-6-12/h1-22,37H;3-10,16-17H,1-2H3. The molecule has 2 N–H and O–H groups in total. The number of phenols is 2. The topological polar surface area (TPSA) is 40.5 Å². The van der Waals surface area contributed by atoms with Crippen molar-refractivity contribution in [3.63, 3.8) is 0 Å². The number of rotatable bonds is 4. The maximum atomic E-state index is 9.30. The lowest BCUT2D eigenvalue weighted by Crippen LogP contribution is -2.18. The molecule has 0 spiro atoms. The molecule has 10 rings (SSSR count). The second-order valence-corrected chi connectivity index (χ2v) is 16.0. The fraction of sp³-hybridized carbons (Fsp3) is 0.0588. The molecule has 0 aliphatic heterocycles. The average Bonchev–Trinajstić information content (AvgIpc) is 3.20. The van der Waals surface area contributed by atoms with Gasteiger partial charge in [-0.3, -0.25) is 0 Å². The minimum atomic E-state index is -0.151. The summed E-state index contributed by atoms with van der Waals surface area (Å²) in [6.45, 7) is 4.23. The lowest BCUT2D eigenvalue weighted by atomic mass is 9.78. The van der Waals surface area contributed by atoms with Crippen molar-refractivity contribution < 1.29 is 10.2 Å². The molecule has 0 radical (unpaired) electrons. The van der Waals surface area contributed by atoms with Gasteiger partial charge >= 0.3 is 0 Å². The molecule has 0 aromatic heterocycles. The van der Waals surface area contributed by atoms with Crippen LogP contribution < -0.4 is 10.6 Å². The maximum Gasteiger partial charge on any atom is 0.115 e. The van der Waals surface area contributed by atoms with Crippen molar-refractivity contribution in [3.8, 4) is 11.5 Å². The summed E-state index contributed by atoms with van der Waals surface area (Å²) in [7, 11) is 0.565. The van der Waals surface area contributed by atoms with Crippen LogP contribution in [0.15, 0.2) is 182 Å². The first kappa shape index (κ1) is 33.6. The maximum absolute atomic E-state index is 9.30. The fourth-order valence-corrected chi connectivity index (χ4v) is 9.34. The highest BCUT2D eigenvalue weighted by molar-refractivity contribution is 7.56. The van der Waals surface area contributed by atoms with Gasteiger partial charge in [0.1, 0.15) is 11.5 Å². The predicted octanol–water partition coefficient (Wildman–Crippen LogP) is 12.7. The first-order valence-corrected chi connectivity index (χ1v) is 19.4. The van der Waals surface area contributed by atoms with E-state index < -0.39 is 0 Å². The monoisotopic (exact) mass is 714 g/mol. The van der Waals surface area contributed by atoms with Gasteiger partial charge in [-0.15, -0.1) is 0 Å². The highest BCUT2D eigenvalue weighted by atomic mass is 31.1. The van der Waals surface area contributed by atoms with Crippen LogP contribution in [0.4, 0.5) is 0 Å². The third-order valence-electron chi connectivity index (χ3n) is 10.9. The molecule has 10 aromatic carbocycles. The molecule has 0 saturated carbocycles. The summed E-state index contributed by atoms with van der Waals surface area (Å²) in [5.74, 6) is 0.547. The summed E-state index contributed by atoms with van der Waals surface area (Å²) in [5.41, 5.74) is 2.10. The van der Waals surface area contributed by atoms with E-state index in [0.29, 0.717) is 8.58 Å². The van der Waals surface area contributed by atoms with Gasteiger partial charge in [0.05, 0.1) is 0 Å². The average molecular weight is 715 g/mol. The quantitative estimate of drug-likeness (QED) is 0.108. The summed E-state index contributed by atoms with van der Waals surface area (Å²) < 4.78 is 0. The molecule has 0 unspecified atom stereocenters. The van der Waals surface area contributed by atoms with Crippen LogP contribution in [0.1, 0.15) is 25.0 Å². The molecule has 0 amide bonds. The van der Waals surface area contributed by atoms with Crippen molar-refractivity contribution in [3.05, 3.63) is 193 Å². The summed E-state index contributed by atoms with van der Waals surface area (Å²) in [4.78, 5) is 0. The van der Waals surface area contributed by atoms with Gasteiger partial charge in [-0.25, -0.2) is 0 Å². The van der Waals surface area contributed by atoms with Gasteiger partial charge in [-0.05, 0) is 135 Å². The fourth-order valence-electron chi connectivity index (χ4n) is 7.88. The van der Waals surface area contributed by atoms with Gasteiger partial charge in [0, 0.05) is 5.41 Å². The molecule has 0 bridgehead atoms. The van der Waals surface area contributed by atoms with Crippen molar-refractivity contribution in [2.45, 2.75) is 19.3 Å². The molecule has 0 saturated heterocycles. The molecule has 3 heteroatoms. The van der Waals surface area contributed by atoms with E-state index >= 15 is 0 Å². The van der Waals surface area contributed by atoms with Crippen molar-refractivity contribution in [1.29, 1.82) is 0 Å². The van der Waals surface area contributed by atoms with Crippen LogP contribution in [0.2, 0.25) is 0 Å². The minimum absolute atomic E-state index is 0.151. The lowest BCUT2D eigenvalue weighted by Gasteiger charge is -2.26. The van der Waals surface area contributed by atoms with Crippen LogP contribution in [0.5, 0.6) is 11.5 Å². The molecule has 0 aliphatic carbocycles. The van der Waals surface area contributed by atoms with Gasteiger partial charge in [-0.2, -0.15) is 0 Å². The minimum Gasteiger partial charge on any atom is -0.508 e. The van der Waals surface area contributed by atoms with Gasteiger partial charge in [0.2, 0.25) is 0 Å². The third-order valence-corrected chi connectivity index (χ3v) is 12.3. The summed E-state index contributed by atoms with van der Waals surface area (Å²) in [6.07, 6.45) is 0. The van der Waals surface area contributed by atoms with E-state index in [1.54, 1.807) is 24.3 Å². The molecule has 2 nitrogen and oxygen atoms in total. The van der Waals surface area contributed by atoms with Crippen LogP contribution in [-0.4, -0.2) is 10.2 Å². The first-order valence-electron chi connectivity index (χ1n) is 18.4. The molecule has 0 atom stereocenters. The third kappa shape index (κ3) is 6.19. The zero-order valence-electron chi connectivity index (χ0n) is 30.2. The van der Waals surface area contributed by atoms with Crippen LogP contribution in [0.25, 0.3) is 64.6 Å². The van der Waals surface area contributed by atoms with Gasteiger partial charge in [-0.1, -0.05) is 156 Å². The van der Waals surface area contributed by atoms with Crippen LogP contribution >= 0.6 is 8.58 Å². The van der Waals surface area contributed by atoms with Crippen molar-refractivity contribution >= 4 is 83.8 Å². The number of hydrogen-bond donors (Lipinski definition) is 2. The van der Waals surface area contributed by atoms with Gasteiger partial charge < -0.3 is 10.2 Å². The molecule has 54 heavy (non-hydrogen) atoms. The van der Waals surface area contributed by atoms with Crippen LogP contribution in [0, 0.1) is 0 Å². The van der Waals surface area contributed by atoms with E-state index in [9.17, 15) is 10.2 Å². The SMILES string of the molecule is CC(C)(c1ccc(O)cc1)c1ccc(O)cc1.c1ccc2cc3c(ccc4cccc(Pc5cccc6ccc7cc8ccccc8cc7c56)c43)cc2c1. The van der Waals surface area contributed by atoms with E-state index in [0.717, 1.165) is 11.1 Å². The number of benzene rings is 10. The Labute approximate surface area is 316 Å². The predicted molar refractivity (Wildman–Crippen MR) is 234 cm³/mol. The number of fused-ring (bicyclic) bond motifs is 8. The Morgan fingerprint density at radius 1 is 0.352 bits per heavy atom. The zero-order chi connectivity index (χ0) is 36.8. The Balaban J connectivity index is 0.000000191. The first-order chi connectivity index (χ1) is 26.3. The lowest BCUT2D eigenvalue weighted by molar-refractivity contribution is 0.474. The summed E-state index contributed by atoms with van der Waals surface area (Å²) >= 11 is 0. The summed E-state index contributed by atoms with van der Waals surface area (Å²) in [6, 6.07) is 63.9. The Kier molecular flexibility index (Phi) is 8.49. The van der Waals surface area contributed by atoms with E-state index in [4.69, 9.17) is 0 Å². The number of aromatic hydroxyl groups is 2. The number of phenolic OH excluding ortho intramolecular Hbond substituents is 2. The Bertz CT molecular complexity index is 2790. The smallest absolute Gasteiger partial charge is 0.115 e. The normalized spacial score (nSPS) is 11.7. The molecular formula is C51H39O2P. The second kappa shape index (κ2) is 13.6.